The van der Waals surface area contributed by atoms with E-state index in [2.05, 4.69) is 10.6 Å². The largest absolute Gasteiger partial charge is 0.393 e. The Morgan fingerprint density at radius 2 is 1.91 bits per heavy atom. The first kappa shape index (κ1) is 23.0. The summed E-state index contributed by atoms with van der Waals surface area (Å²) >= 11 is 12.1. The third kappa shape index (κ3) is 4.48. The van der Waals surface area contributed by atoms with Crippen molar-refractivity contribution in [3.8, 4) is 0 Å². The molecule has 32 heavy (non-hydrogen) atoms. The van der Waals surface area contributed by atoms with E-state index in [9.17, 15) is 14.7 Å². The van der Waals surface area contributed by atoms with Crippen LogP contribution in [0.5, 0.6) is 0 Å². The number of anilines is 1. The second-order valence-corrected chi connectivity index (χ2v) is 9.25. The fraction of sp³-hybridized carbons (Fsp3) is 0.391. The Morgan fingerprint density at radius 1 is 1.19 bits per heavy atom. The molecule has 1 heterocycles. The number of aliphatic hydroxyl groups excluding tert-OH is 1. The van der Waals surface area contributed by atoms with Crippen molar-refractivity contribution < 1.29 is 19.1 Å². The molecule has 9 heteroatoms. The van der Waals surface area contributed by atoms with Crippen LogP contribution in [0.25, 0.3) is 0 Å². The van der Waals surface area contributed by atoms with Crippen LogP contribution in [-0.2, 0) is 9.59 Å². The molecule has 1 saturated carbocycles. The van der Waals surface area contributed by atoms with Crippen LogP contribution < -0.4 is 16.4 Å². The normalized spacial score (nSPS) is 24.4. The van der Waals surface area contributed by atoms with Crippen molar-refractivity contribution in [2.75, 3.05) is 5.32 Å². The van der Waals surface area contributed by atoms with E-state index in [1.165, 1.54) is 12.1 Å². The number of hydrogen-bond donors (Lipinski definition) is 4. The molecule has 2 aromatic rings. The standard InChI is InChI=1S/C23H24Cl2FN3O3/c24-11-4-9-14-17(10-11)29-22(31)19(14)18(15-2-1-3-16(25)20(15)26)21(27)23(32)28-12-5-7-13(30)8-6-12/h1-4,9-10,12-13,18-19,21,30H,5-8,27H2,(H,28,32)(H,29,31)/t12?,13?,18-,19?,21-/m1/s1. The van der Waals surface area contributed by atoms with Crippen LogP contribution in [0.1, 0.15) is 48.6 Å². The topological polar surface area (TPSA) is 104 Å². The third-order valence-corrected chi connectivity index (χ3v) is 6.85. The van der Waals surface area contributed by atoms with E-state index in [4.69, 9.17) is 28.9 Å². The van der Waals surface area contributed by atoms with Gasteiger partial charge in [0.05, 0.1) is 23.1 Å². The number of hydrogen-bond acceptors (Lipinski definition) is 4. The summed E-state index contributed by atoms with van der Waals surface area (Å²) in [6, 6.07) is 8.05. The summed E-state index contributed by atoms with van der Waals surface area (Å²) in [5, 5.41) is 15.7. The summed E-state index contributed by atoms with van der Waals surface area (Å²) < 4.78 is 15.1. The maximum absolute atomic E-state index is 15.1. The number of carbonyl (C=O) groups is 2. The summed E-state index contributed by atoms with van der Waals surface area (Å²) in [5.41, 5.74) is 7.61. The van der Waals surface area contributed by atoms with Gasteiger partial charge in [0, 0.05) is 22.7 Å². The molecule has 3 atom stereocenters. The molecule has 1 aliphatic carbocycles. The molecule has 2 aliphatic rings. The van der Waals surface area contributed by atoms with E-state index >= 15 is 4.39 Å². The number of carbonyl (C=O) groups excluding carboxylic acids is 2. The molecular formula is C23H24Cl2FN3O3. The number of fused-ring (bicyclic) bond motifs is 1. The van der Waals surface area contributed by atoms with Crippen LogP contribution in [0.2, 0.25) is 10.0 Å². The molecule has 1 aliphatic heterocycles. The number of rotatable bonds is 5. The monoisotopic (exact) mass is 479 g/mol. The molecule has 4 rings (SSSR count). The second kappa shape index (κ2) is 9.35. The van der Waals surface area contributed by atoms with E-state index in [0.717, 1.165) is 0 Å². The molecule has 0 aromatic heterocycles. The Kier molecular flexibility index (Phi) is 6.72. The average molecular weight is 480 g/mol. The minimum Gasteiger partial charge on any atom is -0.393 e. The molecule has 2 aromatic carbocycles. The zero-order valence-electron chi connectivity index (χ0n) is 17.2. The number of aliphatic hydroxyl groups is 1. The van der Waals surface area contributed by atoms with Gasteiger partial charge in [-0.1, -0.05) is 41.4 Å². The molecule has 0 saturated heterocycles. The summed E-state index contributed by atoms with van der Waals surface area (Å²) in [5.74, 6) is -3.48. The van der Waals surface area contributed by atoms with Gasteiger partial charge < -0.3 is 21.5 Å². The number of halogens is 3. The number of benzene rings is 2. The molecule has 0 bridgehead atoms. The first-order valence-electron chi connectivity index (χ1n) is 10.5. The van der Waals surface area contributed by atoms with Gasteiger partial charge in [-0.2, -0.15) is 0 Å². The number of nitrogens with two attached hydrogens (primary N) is 1. The van der Waals surface area contributed by atoms with Crippen LogP contribution in [0, 0.1) is 5.82 Å². The van der Waals surface area contributed by atoms with Gasteiger partial charge in [0.15, 0.2) is 0 Å². The highest BCUT2D eigenvalue weighted by molar-refractivity contribution is 6.31. The van der Waals surface area contributed by atoms with E-state index in [-0.39, 0.29) is 22.7 Å². The quantitative estimate of drug-likeness (QED) is 0.524. The van der Waals surface area contributed by atoms with Crippen molar-refractivity contribution in [1.29, 1.82) is 0 Å². The summed E-state index contributed by atoms with van der Waals surface area (Å²) in [7, 11) is 0. The Hall–Kier alpha value is -2.19. The van der Waals surface area contributed by atoms with E-state index in [0.29, 0.717) is 42.0 Å². The lowest BCUT2D eigenvalue weighted by Crippen LogP contribution is -2.51. The van der Waals surface area contributed by atoms with Crippen molar-refractivity contribution in [2.45, 2.75) is 55.7 Å². The number of nitrogens with one attached hydrogen (secondary N) is 2. The fourth-order valence-corrected chi connectivity index (χ4v) is 5.01. The Balaban J connectivity index is 1.70. The summed E-state index contributed by atoms with van der Waals surface area (Å²) in [6.07, 6.45) is 2.06. The van der Waals surface area contributed by atoms with Gasteiger partial charge in [0.25, 0.3) is 0 Å². The highest BCUT2D eigenvalue weighted by Gasteiger charge is 2.44. The van der Waals surface area contributed by atoms with Gasteiger partial charge >= 0.3 is 0 Å². The third-order valence-electron chi connectivity index (χ3n) is 6.32. The van der Waals surface area contributed by atoms with Crippen LogP contribution >= 0.6 is 23.2 Å². The van der Waals surface area contributed by atoms with Crippen LogP contribution in [-0.4, -0.2) is 35.1 Å². The maximum Gasteiger partial charge on any atom is 0.237 e. The van der Waals surface area contributed by atoms with E-state index in [1.54, 1.807) is 24.3 Å². The molecule has 0 radical (unpaired) electrons. The highest BCUT2D eigenvalue weighted by Crippen LogP contribution is 2.45. The van der Waals surface area contributed by atoms with Gasteiger partial charge in [-0.25, -0.2) is 4.39 Å². The van der Waals surface area contributed by atoms with E-state index < -0.39 is 35.5 Å². The Bertz CT molecular complexity index is 1040. The Labute approximate surface area is 195 Å². The zero-order valence-corrected chi connectivity index (χ0v) is 18.7. The van der Waals surface area contributed by atoms with Crippen molar-refractivity contribution in [3.63, 3.8) is 0 Å². The lowest BCUT2D eigenvalue weighted by atomic mass is 9.77. The smallest absolute Gasteiger partial charge is 0.237 e. The second-order valence-electron chi connectivity index (χ2n) is 8.41. The van der Waals surface area contributed by atoms with Gasteiger partial charge in [-0.05, 0) is 55.0 Å². The average Bonchev–Trinajstić information content (AvgIpc) is 3.07. The van der Waals surface area contributed by atoms with Crippen molar-refractivity contribution in [2.24, 2.45) is 5.73 Å². The molecule has 170 valence electrons. The van der Waals surface area contributed by atoms with Crippen LogP contribution in [0.15, 0.2) is 36.4 Å². The van der Waals surface area contributed by atoms with Crippen molar-refractivity contribution >= 4 is 40.7 Å². The van der Waals surface area contributed by atoms with Gasteiger partial charge in [-0.15, -0.1) is 0 Å². The van der Waals surface area contributed by atoms with E-state index in [1.807, 2.05) is 0 Å². The lowest BCUT2D eigenvalue weighted by molar-refractivity contribution is -0.124. The molecule has 1 unspecified atom stereocenters. The van der Waals surface area contributed by atoms with Gasteiger partial charge in [0.1, 0.15) is 5.82 Å². The summed E-state index contributed by atoms with van der Waals surface area (Å²) in [6.45, 7) is 0. The molecular weight excluding hydrogens is 456 g/mol. The first-order valence-corrected chi connectivity index (χ1v) is 11.3. The molecule has 2 amide bonds. The number of amides is 2. The molecule has 0 spiro atoms. The summed E-state index contributed by atoms with van der Waals surface area (Å²) in [4.78, 5) is 26.1. The first-order chi connectivity index (χ1) is 15.3. The lowest BCUT2D eigenvalue weighted by Gasteiger charge is -2.31. The SMILES string of the molecule is N[C@@H](C(=O)NC1CCC(O)CC1)[C@H](c1cccc(Cl)c1F)C1C(=O)Nc2cc(Cl)ccc21. The zero-order chi connectivity index (χ0) is 23.0. The fourth-order valence-electron chi connectivity index (χ4n) is 4.66. The van der Waals surface area contributed by atoms with Gasteiger partial charge in [0.2, 0.25) is 11.8 Å². The predicted molar refractivity (Wildman–Crippen MR) is 121 cm³/mol. The van der Waals surface area contributed by atoms with Gasteiger partial charge in [-0.3, -0.25) is 9.59 Å². The highest BCUT2D eigenvalue weighted by atomic mass is 35.5. The van der Waals surface area contributed by atoms with Crippen molar-refractivity contribution in [1.82, 2.24) is 5.32 Å². The predicted octanol–water partition coefficient (Wildman–Crippen LogP) is 3.70. The van der Waals surface area contributed by atoms with Crippen molar-refractivity contribution in [3.05, 3.63) is 63.4 Å². The minimum absolute atomic E-state index is 0.0992. The van der Waals surface area contributed by atoms with Crippen LogP contribution in [0.4, 0.5) is 10.1 Å². The van der Waals surface area contributed by atoms with Crippen LogP contribution in [0.3, 0.4) is 0 Å². The maximum atomic E-state index is 15.1. The molecule has 1 fully saturated rings. The molecule has 6 nitrogen and oxygen atoms in total. The molecule has 5 N–H and O–H groups in total. The minimum atomic E-state index is -1.22. The Morgan fingerprint density at radius 3 is 2.62 bits per heavy atom.